The Labute approximate surface area is 336 Å². The molecule has 4 N–H and O–H groups in total. The molecule has 0 aromatic heterocycles. The number of esters is 3. The number of hydrogen-bond donors (Lipinski definition) is 4. The predicted molar refractivity (Wildman–Crippen MR) is 203 cm³/mol. The number of benzene rings is 2. The fourth-order valence-corrected chi connectivity index (χ4v) is 9.87. The molecule has 15 heteroatoms. The van der Waals surface area contributed by atoms with E-state index in [9.17, 15) is 44.1 Å². The average molecular weight is 808 g/mol. The highest BCUT2D eigenvalue weighted by Crippen LogP contribution is 2.64. The fourth-order valence-electron chi connectivity index (χ4n) is 9.87. The summed E-state index contributed by atoms with van der Waals surface area (Å²) in [4.78, 5) is 83.6. The molecule has 314 valence electrons. The van der Waals surface area contributed by atoms with Gasteiger partial charge in [-0.3, -0.25) is 14.4 Å². The maximum absolute atomic E-state index is 14.9. The number of hydrogen-bond acceptors (Lipinski definition) is 14. The van der Waals surface area contributed by atoms with E-state index < -0.39 is 124 Å². The molecular formula is C43H53NO14. The summed E-state index contributed by atoms with van der Waals surface area (Å²) in [5, 5.41) is 39.3. The Kier molecular flexibility index (Phi) is 11.2. The van der Waals surface area contributed by atoms with Gasteiger partial charge >= 0.3 is 24.0 Å². The molecule has 1 saturated heterocycles. The highest BCUT2D eigenvalue weighted by molar-refractivity contribution is 6.40. The average Bonchev–Trinajstić information content (AvgIpc) is 3.14. The molecule has 4 unspecified atom stereocenters. The number of fused-ring (bicyclic) bond motifs is 5. The van der Waals surface area contributed by atoms with Crippen molar-refractivity contribution in [2.24, 2.45) is 28.6 Å². The SMILES string of the molecule is CC(=O)O[C@@]12CO[C@@H]1CC(O)[C@@]1(C)C(=O)C(=O)C3C(C)C(OC(=O)[C@H](O)[C@@H](NC(=O)OC(C)(C)C)c4ccccc4)C[C@@](O)([C@@H](OC(=O)c4ccccc4)[C@H]21)C3(C)C. The Hall–Kier alpha value is -4.70. The van der Waals surface area contributed by atoms with Crippen molar-refractivity contribution in [2.75, 3.05) is 6.61 Å². The van der Waals surface area contributed by atoms with E-state index in [1.54, 1.807) is 90.1 Å². The van der Waals surface area contributed by atoms with Crippen LogP contribution in [0.4, 0.5) is 4.79 Å². The predicted octanol–water partition coefficient (Wildman–Crippen LogP) is 3.40. The van der Waals surface area contributed by atoms with Gasteiger partial charge in [-0.25, -0.2) is 14.4 Å². The molecule has 2 aromatic rings. The van der Waals surface area contributed by atoms with Crippen LogP contribution >= 0.6 is 0 Å². The van der Waals surface area contributed by atoms with Gasteiger partial charge < -0.3 is 44.3 Å². The number of aliphatic hydroxyl groups is 3. The van der Waals surface area contributed by atoms with E-state index in [-0.39, 0.29) is 18.6 Å². The van der Waals surface area contributed by atoms with Crippen molar-refractivity contribution in [3.8, 4) is 0 Å². The summed E-state index contributed by atoms with van der Waals surface area (Å²) < 4.78 is 29.5. The lowest BCUT2D eigenvalue weighted by atomic mass is 9.42. The first kappa shape index (κ1) is 42.9. The van der Waals surface area contributed by atoms with Crippen LogP contribution in [0.25, 0.3) is 0 Å². The molecule has 3 saturated carbocycles. The lowest BCUT2D eigenvalue weighted by Gasteiger charge is -2.67. The van der Waals surface area contributed by atoms with Crippen molar-refractivity contribution >= 4 is 35.6 Å². The Morgan fingerprint density at radius 3 is 2.10 bits per heavy atom. The molecule has 1 aliphatic heterocycles. The van der Waals surface area contributed by atoms with E-state index in [4.69, 9.17) is 23.7 Å². The van der Waals surface area contributed by atoms with E-state index in [0.717, 1.165) is 6.92 Å². The Morgan fingerprint density at radius 2 is 1.55 bits per heavy atom. The third-order valence-electron chi connectivity index (χ3n) is 12.9. The van der Waals surface area contributed by atoms with Gasteiger partial charge in [0, 0.05) is 37.0 Å². The number of ether oxygens (including phenoxy) is 5. The normalized spacial score (nSPS) is 34.9. The highest BCUT2D eigenvalue weighted by Gasteiger charge is 2.79. The maximum atomic E-state index is 14.9. The van der Waals surface area contributed by atoms with Crippen LogP contribution in [0.2, 0.25) is 0 Å². The summed E-state index contributed by atoms with van der Waals surface area (Å²) in [5.74, 6) is -8.93. The molecule has 12 atom stereocenters. The Morgan fingerprint density at radius 1 is 0.948 bits per heavy atom. The zero-order valence-electron chi connectivity index (χ0n) is 33.9. The Bertz CT molecular complexity index is 1950. The second kappa shape index (κ2) is 15.2. The minimum absolute atomic E-state index is 0.0747. The van der Waals surface area contributed by atoms with Gasteiger partial charge in [0.2, 0.25) is 11.6 Å². The highest BCUT2D eigenvalue weighted by atomic mass is 16.6. The minimum atomic E-state index is -2.36. The molecule has 6 rings (SSSR count). The molecular weight excluding hydrogens is 754 g/mol. The van der Waals surface area contributed by atoms with E-state index in [2.05, 4.69) is 5.32 Å². The van der Waals surface area contributed by atoms with Crippen LogP contribution in [0.15, 0.2) is 60.7 Å². The smallest absolute Gasteiger partial charge is 0.408 e. The van der Waals surface area contributed by atoms with Crippen molar-refractivity contribution in [3.05, 3.63) is 71.8 Å². The van der Waals surface area contributed by atoms with Crippen LogP contribution in [-0.4, -0.2) is 105 Å². The third-order valence-corrected chi connectivity index (χ3v) is 12.9. The van der Waals surface area contributed by atoms with E-state index in [1.165, 1.54) is 19.1 Å². The van der Waals surface area contributed by atoms with E-state index >= 15 is 0 Å². The number of ketones is 2. The summed E-state index contributed by atoms with van der Waals surface area (Å²) in [6.07, 6.45) is -9.48. The van der Waals surface area contributed by atoms with Crippen LogP contribution in [0.3, 0.4) is 0 Å². The van der Waals surface area contributed by atoms with Crippen LogP contribution < -0.4 is 5.32 Å². The summed E-state index contributed by atoms with van der Waals surface area (Å²) in [6, 6.07) is 14.6. The molecule has 2 bridgehead atoms. The molecule has 0 spiro atoms. The van der Waals surface area contributed by atoms with Gasteiger partial charge in [0.25, 0.3) is 0 Å². The van der Waals surface area contributed by atoms with Crippen molar-refractivity contribution in [1.82, 2.24) is 5.32 Å². The second-order valence-corrected chi connectivity index (χ2v) is 17.9. The number of Topliss-reactive ketones (excluding diaryl/α,β-unsaturated/α-hetero) is 2. The third kappa shape index (κ3) is 7.09. The topological polar surface area (TPSA) is 221 Å². The summed E-state index contributed by atoms with van der Waals surface area (Å²) in [6.45, 7) is 11.8. The van der Waals surface area contributed by atoms with E-state index in [0.29, 0.717) is 5.56 Å². The first-order valence-corrected chi connectivity index (χ1v) is 19.5. The number of aliphatic hydroxyl groups excluding tert-OH is 2. The molecule has 58 heavy (non-hydrogen) atoms. The molecule has 0 radical (unpaired) electrons. The number of alkyl carbamates (subject to hydrolysis) is 1. The lowest BCUT2D eigenvalue weighted by molar-refractivity contribution is -0.350. The first-order chi connectivity index (χ1) is 27.0. The number of nitrogens with one attached hydrogen (secondary N) is 1. The zero-order chi connectivity index (χ0) is 42.7. The first-order valence-electron chi connectivity index (χ1n) is 19.5. The summed E-state index contributed by atoms with van der Waals surface area (Å²) in [5.41, 5.74) is -8.31. The number of rotatable bonds is 8. The standard InChI is InChI=1S/C43H53NO14/c1-22-26(55-37(51)32(48)30(24-15-11-9-12-16-24)44-38(52)58-39(3,4)5)20-43(53)35(56-36(50)25-17-13-10-14-18-25)33-41(8,34(49)31(47)29(22)40(43,6)7)27(46)19-28-42(33,21-54-28)57-23(2)45/h9-18,22,26-30,32-33,35,46,48,53H,19-21H2,1-8H3,(H,44,52)/t22?,26?,27?,28-,29?,30+,32-,33+,35+,41-,42+,43-/m1/s1. The van der Waals surface area contributed by atoms with Crippen LogP contribution in [-0.2, 0) is 42.9 Å². The molecule has 4 aliphatic rings. The van der Waals surface area contributed by atoms with Crippen molar-refractivity contribution < 1.29 is 67.8 Å². The number of carbonyl (C=O) groups excluding carboxylic acids is 6. The number of amides is 1. The number of carbonyl (C=O) groups is 6. The van der Waals surface area contributed by atoms with Gasteiger partial charge in [-0.2, -0.15) is 0 Å². The van der Waals surface area contributed by atoms with Crippen molar-refractivity contribution in [2.45, 2.75) is 122 Å². The molecule has 4 fully saturated rings. The molecule has 15 nitrogen and oxygen atoms in total. The molecule has 1 heterocycles. The second-order valence-electron chi connectivity index (χ2n) is 17.9. The van der Waals surface area contributed by atoms with E-state index in [1.807, 2.05) is 0 Å². The van der Waals surface area contributed by atoms with Crippen LogP contribution in [0.5, 0.6) is 0 Å². The van der Waals surface area contributed by atoms with Gasteiger partial charge in [0.15, 0.2) is 11.7 Å². The van der Waals surface area contributed by atoms with Crippen LogP contribution in [0.1, 0.15) is 90.2 Å². The molecule has 1 amide bonds. The minimum Gasteiger partial charge on any atom is -0.460 e. The summed E-state index contributed by atoms with van der Waals surface area (Å²) >= 11 is 0. The van der Waals surface area contributed by atoms with Gasteiger partial charge in [-0.15, -0.1) is 0 Å². The molecule has 2 aromatic carbocycles. The van der Waals surface area contributed by atoms with Gasteiger partial charge in [0.05, 0.1) is 35.6 Å². The van der Waals surface area contributed by atoms with Gasteiger partial charge in [-0.1, -0.05) is 69.3 Å². The largest absolute Gasteiger partial charge is 0.460 e. The van der Waals surface area contributed by atoms with Gasteiger partial charge in [-0.05, 0) is 45.4 Å². The maximum Gasteiger partial charge on any atom is 0.408 e. The zero-order valence-corrected chi connectivity index (χ0v) is 33.9. The summed E-state index contributed by atoms with van der Waals surface area (Å²) in [7, 11) is 0. The monoisotopic (exact) mass is 807 g/mol. The molecule has 3 aliphatic carbocycles. The fraction of sp³-hybridized carbons (Fsp3) is 0.581. The van der Waals surface area contributed by atoms with Crippen molar-refractivity contribution in [1.29, 1.82) is 0 Å². The van der Waals surface area contributed by atoms with Crippen LogP contribution in [0, 0.1) is 28.6 Å². The quantitative estimate of drug-likeness (QED) is 0.171. The van der Waals surface area contributed by atoms with Crippen molar-refractivity contribution in [3.63, 3.8) is 0 Å². The Balaban J connectivity index is 1.46. The van der Waals surface area contributed by atoms with Gasteiger partial charge in [0.1, 0.15) is 29.5 Å². The lowest BCUT2D eigenvalue weighted by Crippen LogP contribution is -2.82.